The number of aromatic hydroxyl groups is 1. The third-order valence-corrected chi connectivity index (χ3v) is 4.73. The molecule has 0 saturated heterocycles. The van der Waals surface area contributed by atoms with Crippen molar-refractivity contribution in [2.24, 2.45) is 0 Å². The zero-order valence-electron chi connectivity index (χ0n) is 12.7. The molecule has 0 spiro atoms. The molecule has 7 heteroatoms. The van der Waals surface area contributed by atoms with E-state index in [1.807, 2.05) is 30.5 Å². The summed E-state index contributed by atoms with van der Waals surface area (Å²) in [5.74, 6) is 0.0759. The highest BCUT2D eigenvalue weighted by Crippen LogP contribution is 2.32. The molecule has 24 heavy (non-hydrogen) atoms. The van der Waals surface area contributed by atoms with E-state index in [1.165, 1.54) is 11.3 Å². The Balaban J connectivity index is 1.51. The van der Waals surface area contributed by atoms with Crippen LogP contribution in [-0.4, -0.2) is 25.0 Å². The number of hydrogen-bond donors (Lipinski definition) is 3. The summed E-state index contributed by atoms with van der Waals surface area (Å²) in [6, 6.07) is 7.82. The second-order valence-corrected chi connectivity index (χ2v) is 6.45. The zero-order chi connectivity index (χ0) is 16.4. The van der Waals surface area contributed by atoms with Crippen LogP contribution in [0.5, 0.6) is 5.88 Å². The number of rotatable bonds is 5. The normalized spacial score (nSPS) is 11.0. The summed E-state index contributed by atoms with van der Waals surface area (Å²) in [5.41, 5.74) is 3.01. The van der Waals surface area contributed by atoms with Gasteiger partial charge in [-0.2, -0.15) is 4.98 Å². The van der Waals surface area contributed by atoms with Gasteiger partial charge >= 0.3 is 0 Å². The van der Waals surface area contributed by atoms with Crippen LogP contribution in [0.3, 0.4) is 0 Å². The molecule has 0 saturated carbocycles. The Kier molecular flexibility index (Phi) is 3.84. The van der Waals surface area contributed by atoms with Crippen molar-refractivity contribution in [3.8, 4) is 5.88 Å². The fraction of sp³-hybridized carbons (Fsp3) is 0.118. The van der Waals surface area contributed by atoms with Crippen molar-refractivity contribution in [1.29, 1.82) is 0 Å². The first kappa shape index (κ1) is 14.6. The number of aromatic amines is 1. The standard InChI is InChI=1S/C17H15N5OS/c23-16-14(7-12-10-20-15-13(12)4-2-6-19-15)24-17(22-16)21-9-11-3-1-5-18-8-11/h1-6,8,10,23H,7,9H2,(H,19,20)(H,21,22). The molecule has 4 aromatic heterocycles. The van der Waals surface area contributed by atoms with E-state index in [4.69, 9.17) is 0 Å². The lowest BCUT2D eigenvalue weighted by Crippen LogP contribution is -1.98. The highest BCUT2D eigenvalue weighted by Gasteiger charge is 2.13. The maximum atomic E-state index is 10.1. The van der Waals surface area contributed by atoms with E-state index in [0.717, 1.165) is 27.0 Å². The van der Waals surface area contributed by atoms with Gasteiger partial charge in [0.1, 0.15) is 5.65 Å². The molecular formula is C17H15N5OS. The molecule has 0 radical (unpaired) electrons. The Bertz CT molecular complexity index is 963. The van der Waals surface area contributed by atoms with E-state index in [0.29, 0.717) is 18.1 Å². The number of anilines is 1. The number of H-pyrrole nitrogens is 1. The fourth-order valence-electron chi connectivity index (χ4n) is 2.55. The van der Waals surface area contributed by atoms with Gasteiger partial charge in [-0.15, -0.1) is 0 Å². The first-order valence-electron chi connectivity index (χ1n) is 7.52. The van der Waals surface area contributed by atoms with Gasteiger partial charge in [-0.3, -0.25) is 4.98 Å². The summed E-state index contributed by atoms with van der Waals surface area (Å²) in [4.78, 5) is 16.5. The average Bonchev–Trinajstić information content (AvgIpc) is 3.18. The first-order chi connectivity index (χ1) is 11.8. The van der Waals surface area contributed by atoms with Crippen molar-refractivity contribution in [1.82, 2.24) is 19.9 Å². The lowest BCUT2D eigenvalue weighted by molar-refractivity contribution is 0.453. The topological polar surface area (TPSA) is 86.7 Å². The van der Waals surface area contributed by atoms with Crippen LogP contribution in [0.25, 0.3) is 11.0 Å². The van der Waals surface area contributed by atoms with Crippen LogP contribution in [0.1, 0.15) is 16.0 Å². The van der Waals surface area contributed by atoms with Gasteiger partial charge in [-0.25, -0.2) is 4.98 Å². The Labute approximate surface area is 142 Å². The SMILES string of the molecule is Oc1nc(NCc2cccnc2)sc1Cc1c[nH]c2ncccc12. The summed E-state index contributed by atoms with van der Waals surface area (Å²) in [7, 11) is 0. The Hall–Kier alpha value is -2.93. The van der Waals surface area contributed by atoms with Gasteiger partial charge in [0.05, 0.1) is 4.88 Å². The molecule has 3 N–H and O–H groups in total. The minimum Gasteiger partial charge on any atom is -0.492 e. The molecule has 0 atom stereocenters. The monoisotopic (exact) mass is 337 g/mol. The number of hydrogen-bond acceptors (Lipinski definition) is 6. The van der Waals surface area contributed by atoms with Gasteiger partial charge in [0.15, 0.2) is 5.13 Å². The Morgan fingerprint density at radius 3 is 3.00 bits per heavy atom. The molecule has 0 fully saturated rings. The van der Waals surface area contributed by atoms with Crippen LogP contribution >= 0.6 is 11.3 Å². The van der Waals surface area contributed by atoms with Gasteiger partial charge < -0.3 is 15.4 Å². The predicted octanol–water partition coefficient (Wildman–Crippen LogP) is 3.32. The lowest BCUT2D eigenvalue weighted by atomic mass is 10.1. The Morgan fingerprint density at radius 2 is 2.12 bits per heavy atom. The molecule has 0 aliphatic carbocycles. The summed E-state index contributed by atoms with van der Waals surface area (Å²) < 4.78 is 0. The molecule has 0 bridgehead atoms. The first-order valence-corrected chi connectivity index (χ1v) is 8.33. The van der Waals surface area contributed by atoms with E-state index in [9.17, 15) is 5.11 Å². The van der Waals surface area contributed by atoms with Crippen molar-refractivity contribution in [2.45, 2.75) is 13.0 Å². The van der Waals surface area contributed by atoms with Crippen molar-refractivity contribution < 1.29 is 5.11 Å². The summed E-state index contributed by atoms with van der Waals surface area (Å²) in [6.07, 6.45) is 7.85. The van der Waals surface area contributed by atoms with E-state index < -0.39 is 0 Å². The lowest BCUT2D eigenvalue weighted by Gasteiger charge is -2.01. The van der Waals surface area contributed by atoms with E-state index in [1.54, 1.807) is 18.6 Å². The second kappa shape index (κ2) is 6.29. The van der Waals surface area contributed by atoms with E-state index in [2.05, 4.69) is 25.3 Å². The van der Waals surface area contributed by atoms with Gasteiger partial charge in [-0.1, -0.05) is 17.4 Å². The number of pyridine rings is 2. The van der Waals surface area contributed by atoms with Crippen LogP contribution in [0.4, 0.5) is 5.13 Å². The van der Waals surface area contributed by atoms with Gasteiger partial charge in [0.2, 0.25) is 5.88 Å². The van der Waals surface area contributed by atoms with Crippen LogP contribution in [0.15, 0.2) is 49.1 Å². The molecule has 4 heterocycles. The zero-order valence-corrected chi connectivity index (χ0v) is 13.5. The largest absolute Gasteiger partial charge is 0.492 e. The number of nitrogens with zero attached hydrogens (tertiary/aromatic N) is 3. The molecule has 4 aromatic rings. The van der Waals surface area contributed by atoms with Gasteiger partial charge in [0.25, 0.3) is 0 Å². The number of thiazole rings is 1. The predicted molar refractivity (Wildman–Crippen MR) is 94.2 cm³/mol. The third-order valence-electron chi connectivity index (χ3n) is 3.73. The maximum Gasteiger partial charge on any atom is 0.227 e. The van der Waals surface area contributed by atoms with Crippen LogP contribution in [-0.2, 0) is 13.0 Å². The quantitative estimate of drug-likeness (QED) is 0.520. The van der Waals surface area contributed by atoms with Gasteiger partial charge in [-0.05, 0) is 29.3 Å². The van der Waals surface area contributed by atoms with E-state index >= 15 is 0 Å². The third kappa shape index (κ3) is 2.93. The molecule has 0 amide bonds. The Morgan fingerprint density at radius 1 is 1.21 bits per heavy atom. The van der Waals surface area contributed by atoms with Crippen LogP contribution < -0.4 is 5.32 Å². The van der Waals surface area contributed by atoms with Crippen LogP contribution in [0, 0.1) is 0 Å². The number of nitrogens with one attached hydrogen (secondary N) is 2. The molecule has 120 valence electrons. The molecule has 0 aliphatic rings. The highest BCUT2D eigenvalue weighted by atomic mass is 32.1. The smallest absolute Gasteiger partial charge is 0.227 e. The van der Waals surface area contributed by atoms with Crippen molar-refractivity contribution >= 4 is 27.5 Å². The average molecular weight is 337 g/mol. The maximum absolute atomic E-state index is 10.1. The van der Waals surface area contributed by atoms with Crippen molar-refractivity contribution in [2.75, 3.05) is 5.32 Å². The molecular weight excluding hydrogens is 322 g/mol. The molecule has 4 rings (SSSR count). The summed E-state index contributed by atoms with van der Waals surface area (Å²) in [6.45, 7) is 0.622. The highest BCUT2D eigenvalue weighted by molar-refractivity contribution is 7.15. The molecule has 0 aromatic carbocycles. The summed E-state index contributed by atoms with van der Waals surface area (Å²) in [5, 5.41) is 15.1. The van der Waals surface area contributed by atoms with Gasteiger partial charge in [0, 0.05) is 43.1 Å². The molecule has 6 nitrogen and oxygen atoms in total. The number of aromatic nitrogens is 4. The molecule has 0 aliphatic heterocycles. The van der Waals surface area contributed by atoms with Crippen molar-refractivity contribution in [3.05, 3.63) is 65.1 Å². The minimum atomic E-state index is 0.0759. The molecule has 0 unspecified atom stereocenters. The fourth-order valence-corrected chi connectivity index (χ4v) is 3.42. The number of fused-ring (bicyclic) bond motifs is 1. The van der Waals surface area contributed by atoms with Crippen LogP contribution in [0.2, 0.25) is 0 Å². The van der Waals surface area contributed by atoms with E-state index in [-0.39, 0.29) is 5.88 Å². The minimum absolute atomic E-state index is 0.0759. The van der Waals surface area contributed by atoms with Crippen molar-refractivity contribution in [3.63, 3.8) is 0 Å². The second-order valence-electron chi connectivity index (χ2n) is 5.37. The summed E-state index contributed by atoms with van der Waals surface area (Å²) >= 11 is 1.46.